The lowest BCUT2D eigenvalue weighted by Crippen LogP contribution is -2.55. The van der Waals surface area contributed by atoms with Crippen molar-refractivity contribution in [3.63, 3.8) is 0 Å². The second-order valence-electron chi connectivity index (χ2n) is 10.6. The highest BCUT2D eigenvalue weighted by atomic mass is 16.6. The Balaban J connectivity index is 3.46. The van der Waals surface area contributed by atoms with Crippen LogP contribution in [0.25, 0.3) is 0 Å². The van der Waals surface area contributed by atoms with Gasteiger partial charge in [0.1, 0.15) is 17.7 Å². The van der Waals surface area contributed by atoms with Gasteiger partial charge in [-0.05, 0) is 78.9 Å². The second-order valence-corrected chi connectivity index (χ2v) is 10.6. The van der Waals surface area contributed by atoms with Crippen molar-refractivity contribution in [2.45, 2.75) is 105 Å². The number of carbonyl (C=O) groups excluding carboxylic acids is 3. The number of aryl methyl sites for hydroxylation is 1. The van der Waals surface area contributed by atoms with Crippen LogP contribution in [0.2, 0.25) is 0 Å². The third-order valence-electron chi connectivity index (χ3n) is 4.95. The number of hydrogen-bond donors (Lipinski definition) is 2. The van der Waals surface area contributed by atoms with Gasteiger partial charge in [0.05, 0.1) is 0 Å². The van der Waals surface area contributed by atoms with E-state index >= 15 is 0 Å². The maximum Gasteiger partial charge on any atom is 0.408 e. The van der Waals surface area contributed by atoms with Crippen LogP contribution in [0.4, 0.5) is 4.79 Å². The van der Waals surface area contributed by atoms with Gasteiger partial charge >= 0.3 is 6.09 Å². The first-order valence-corrected chi connectivity index (χ1v) is 11.8. The molecular weight excluding hydrogens is 418 g/mol. The first-order valence-electron chi connectivity index (χ1n) is 11.8. The lowest BCUT2D eigenvalue weighted by molar-refractivity contribution is -0.145. The van der Waals surface area contributed by atoms with E-state index in [0.29, 0.717) is 6.42 Å². The van der Waals surface area contributed by atoms with Crippen LogP contribution in [-0.2, 0) is 14.3 Å². The Morgan fingerprint density at radius 2 is 1.55 bits per heavy atom. The zero-order valence-corrected chi connectivity index (χ0v) is 22.0. The highest BCUT2D eigenvalue weighted by Gasteiger charge is 2.38. The van der Waals surface area contributed by atoms with E-state index in [9.17, 15) is 14.4 Å². The van der Waals surface area contributed by atoms with E-state index in [1.807, 2.05) is 72.7 Å². The molecule has 1 aromatic carbocycles. The molecule has 0 spiro atoms. The number of nitrogens with one attached hydrogen (secondary N) is 2. The third-order valence-corrected chi connectivity index (χ3v) is 4.95. The van der Waals surface area contributed by atoms with Crippen molar-refractivity contribution in [3.8, 4) is 0 Å². The summed E-state index contributed by atoms with van der Waals surface area (Å²) in [7, 11) is 0. The number of nitrogens with zero attached hydrogens (tertiary/aromatic N) is 1. The molecule has 0 aliphatic carbocycles. The minimum atomic E-state index is -0.823. The fourth-order valence-corrected chi connectivity index (χ4v) is 3.68. The van der Waals surface area contributed by atoms with Gasteiger partial charge in [0.25, 0.3) is 0 Å². The summed E-state index contributed by atoms with van der Waals surface area (Å²) in [5.74, 6) is -0.414. The molecule has 7 heteroatoms. The van der Waals surface area contributed by atoms with Crippen molar-refractivity contribution in [2.75, 3.05) is 0 Å². The Kier molecular flexibility index (Phi) is 10.4. The molecule has 2 unspecified atom stereocenters. The smallest absolute Gasteiger partial charge is 0.408 e. The van der Waals surface area contributed by atoms with Crippen LogP contribution in [-0.4, -0.2) is 46.5 Å². The summed E-state index contributed by atoms with van der Waals surface area (Å²) in [5, 5.41) is 5.72. The molecule has 33 heavy (non-hydrogen) atoms. The van der Waals surface area contributed by atoms with E-state index in [1.54, 1.807) is 25.7 Å². The number of rotatable bonds is 9. The first-order chi connectivity index (χ1) is 15.1. The molecule has 3 amide bonds. The summed E-state index contributed by atoms with van der Waals surface area (Å²) in [6, 6.07) is 5.57. The van der Waals surface area contributed by atoms with Crippen LogP contribution >= 0.6 is 0 Å². The largest absolute Gasteiger partial charge is 0.444 e. The summed E-state index contributed by atoms with van der Waals surface area (Å²) in [5.41, 5.74) is 0.993. The molecule has 0 aliphatic heterocycles. The van der Waals surface area contributed by atoms with Gasteiger partial charge < -0.3 is 20.3 Å². The Morgan fingerprint density at radius 3 is 2.00 bits per heavy atom. The number of carbonyl (C=O) groups is 3. The number of ether oxygens (including phenoxy) is 1. The van der Waals surface area contributed by atoms with Crippen LogP contribution in [0.1, 0.15) is 85.9 Å². The summed E-state index contributed by atoms with van der Waals surface area (Å²) in [6.07, 6.45) is -0.225. The van der Waals surface area contributed by atoms with Crippen molar-refractivity contribution in [2.24, 2.45) is 5.92 Å². The highest BCUT2D eigenvalue weighted by molar-refractivity contribution is 5.92. The van der Waals surface area contributed by atoms with Gasteiger partial charge in [0.15, 0.2) is 0 Å². The summed E-state index contributed by atoms with van der Waals surface area (Å²) in [6.45, 7) is 18.8. The number of hydrogen-bond acceptors (Lipinski definition) is 4. The maximum atomic E-state index is 13.9. The molecule has 0 aliphatic rings. The molecular formula is C26H43N3O4. The molecule has 0 saturated carbocycles. The summed E-state index contributed by atoms with van der Waals surface area (Å²) in [4.78, 5) is 41.4. The molecule has 2 atom stereocenters. The SMILES string of the molecule is Cc1ccccc1C(C(=O)NC(C)C)N(C(=O)C(CC(C)C)NC(=O)OC(C)(C)C)C(C)C. The van der Waals surface area contributed by atoms with Crippen molar-refractivity contribution in [1.29, 1.82) is 0 Å². The molecule has 0 aromatic heterocycles. The number of amides is 3. The predicted molar refractivity (Wildman–Crippen MR) is 132 cm³/mol. The lowest BCUT2D eigenvalue weighted by atomic mass is 9.95. The molecule has 1 aromatic rings. The zero-order chi connectivity index (χ0) is 25.5. The maximum absolute atomic E-state index is 13.9. The fourth-order valence-electron chi connectivity index (χ4n) is 3.68. The van der Waals surface area contributed by atoms with Gasteiger partial charge in [-0.3, -0.25) is 9.59 Å². The van der Waals surface area contributed by atoms with Gasteiger partial charge in [-0.1, -0.05) is 38.1 Å². The van der Waals surface area contributed by atoms with Gasteiger partial charge in [-0.25, -0.2) is 4.79 Å². The van der Waals surface area contributed by atoms with E-state index in [2.05, 4.69) is 10.6 Å². The Morgan fingerprint density at radius 1 is 0.970 bits per heavy atom. The van der Waals surface area contributed by atoms with Gasteiger partial charge in [0.2, 0.25) is 11.8 Å². The van der Waals surface area contributed by atoms with Crippen LogP contribution in [0, 0.1) is 12.8 Å². The van der Waals surface area contributed by atoms with Crippen LogP contribution in [0.15, 0.2) is 24.3 Å². The first kappa shape index (κ1) is 28.5. The van der Waals surface area contributed by atoms with Gasteiger partial charge in [-0.15, -0.1) is 0 Å². The molecule has 186 valence electrons. The van der Waals surface area contributed by atoms with Crippen LogP contribution < -0.4 is 10.6 Å². The standard InChI is InChI=1S/C26H43N3O4/c1-16(2)15-21(28-25(32)33-26(8,9)10)24(31)29(18(5)6)22(23(30)27-17(3)4)20-14-12-11-13-19(20)7/h11-14,16-18,21-22H,15H2,1-10H3,(H,27,30)(H,28,32). The molecule has 0 radical (unpaired) electrons. The average molecular weight is 462 g/mol. The highest BCUT2D eigenvalue weighted by Crippen LogP contribution is 2.28. The molecule has 0 fully saturated rings. The number of benzene rings is 1. The van der Waals surface area contributed by atoms with E-state index in [4.69, 9.17) is 4.74 Å². The topological polar surface area (TPSA) is 87.7 Å². The van der Waals surface area contributed by atoms with Crippen molar-refractivity contribution >= 4 is 17.9 Å². The molecule has 2 N–H and O–H groups in total. The fraction of sp³-hybridized carbons (Fsp3) is 0.654. The Hall–Kier alpha value is -2.57. The minimum Gasteiger partial charge on any atom is -0.444 e. The Bertz CT molecular complexity index is 812. The molecule has 7 nitrogen and oxygen atoms in total. The normalized spacial score (nSPS) is 13.6. The second kappa shape index (κ2) is 12.1. The van der Waals surface area contributed by atoms with E-state index in [1.165, 1.54) is 0 Å². The van der Waals surface area contributed by atoms with Crippen molar-refractivity contribution < 1.29 is 19.1 Å². The number of alkyl carbamates (subject to hydrolysis) is 1. The average Bonchev–Trinajstić information content (AvgIpc) is 2.63. The summed E-state index contributed by atoms with van der Waals surface area (Å²) < 4.78 is 5.40. The third kappa shape index (κ3) is 9.06. The van der Waals surface area contributed by atoms with Crippen LogP contribution in [0.5, 0.6) is 0 Å². The van der Waals surface area contributed by atoms with E-state index in [0.717, 1.165) is 11.1 Å². The molecule has 0 bridgehead atoms. The minimum absolute atomic E-state index is 0.0838. The van der Waals surface area contributed by atoms with Crippen molar-refractivity contribution in [1.82, 2.24) is 15.5 Å². The Labute approximate surface area is 199 Å². The van der Waals surface area contributed by atoms with Gasteiger partial charge in [-0.2, -0.15) is 0 Å². The van der Waals surface area contributed by atoms with Crippen LogP contribution in [0.3, 0.4) is 0 Å². The summed E-state index contributed by atoms with van der Waals surface area (Å²) >= 11 is 0. The molecule has 1 rings (SSSR count). The lowest BCUT2D eigenvalue weighted by Gasteiger charge is -2.38. The van der Waals surface area contributed by atoms with E-state index in [-0.39, 0.29) is 29.8 Å². The van der Waals surface area contributed by atoms with Gasteiger partial charge in [0, 0.05) is 12.1 Å². The quantitative estimate of drug-likeness (QED) is 0.556. The molecule has 0 saturated heterocycles. The monoisotopic (exact) mass is 461 g/mol. The zero-order valence-electron chi connectivity index (χ0n) is 22.0. The molecule has 0 heterocycles. The van der Waals surface area contributed by atoms with E-state index < -0.39 is 23.8 Å². The predicted octanol–water partition coefficient (Wildman–Crippen LogP) is 4.74. The van der Waals surface area contributed by atoms with Crippen molar-refractivity contribution in [3.05, 3.63) is 35.4 Å².